The molecule has 152 valence electrons. The van der Waals surface area contributed by atoms with Crippen molar-refractivity contribution in [3.05, 3.63) is 96.0 Å². The van der Waals surface area contributed by atoms with Gasteiger partial charge in [-0.1, -0.05) is 72.8 Å². The first-order chi connectivity index (χ1) is 15.3. The zero-order valence-corrected chi connectivity index (χ0v) is 17.3. The maximum atomic E-state index is 13.3. The number of aromatic amines is 1. The van der Waals surface area contributed by atoms with Crippen LogP contribution in [0.25, 0.3) is 22.3 Å². The Morgan fingerprint density at radius 1 is 0.935 bits per heavy atom. The molecule has 0 saturated heterocycles. The predicted molar refractivity (Wildman–Crippen MR) is 122 cm³/mol. The van der Waals surface area contributed by atoms with Gasteiger partial charge in [0.2, 0.25) is 5.95 Å². The van der Waals surface area contributed by atoms with Crippen molar-refractivity contribution in [2.45, 2.75) is 6.61 Å². The number of para-hydroxylation sites is 2. The number of hydrogen-bond donors (Lipinski definition) is 1. The maximum absolute atomic E-state index is 13.3. The van der Waals surface area contributed by atoms with Crippen molar-refractivity contribution >= 4 is 39.4 Å². The quantitative estimate of drug-likeness (QED) is 0.365. The summed E-state index contributed by atoms with van der Waals surface area (Å²) in [4.78, 5) is 27.1. The molecule has 3 aromatic carbocycles. The maximum Gasteiger partial charge on any atom is 0.422 e. The van der Waals surface area contributed by atoms with Crippen LogP contribution >= 0.6 is 11.3 Å². The monoisotopic (exact) mass is 426 g/mol. The van der Waals surface area contributed by atoms with Gasteiger partial charge >= 0.3 is 6.09 Å². The molecule has 0 aliphatic heterocycles. The summed E-state index contributed by atoms with van der Waals surface area (Å²) >= 11 is 1.36. The summed E-state index contributed by atoms with van der Waals surface area (Å²) in [5, 5.41) is 0.642. The van der Waals surface area contributed by atoms with E-state index >= 15 is 0 Å². The first kappa shape index (κ1) is 19.0. The molecule has 1 N–H and O–H groups in total. The van der Waals surface area contributed by atoms with Gasteiger partial charge in [-0.3, -0.25) is 0 Å². The van der Waals surface area contributed by atoms with E-state index in [4.69, 9.17) is 4.74 Å². The Labute approximate surface area is 182 Å². The Morgan fingerprint density at radius 2 is 1.65 bits per heavy atom. The summed E-state index contributed by atoms with van der Waals surface area (Å²) in [6.45, 7) is 0.163. The number of carbonyl (C=O) groups is 1. The van der Waals surface area contributed by atoms with Crippen molar-refractivity contribution in [1.29, 1.82) is 0 Å². The van der Waals surface area contributed by atoms with Crippen molar-refractivity contribution < 1.29 is 9.53 Å². The molecule has 0 atom stereocenters. The second-order valence-corrected chi connectivity index (χ2v) is 7.66. The molecule has 5 rings (SSSR count). The van der Waals surface area contributed by atoms with Crippen LogP contribution in [0.3, 0.4) is 0 Å². The number of benzene rings is 3. The smallest absolute Gasteiger partial charge is 0.422 e. The molecule has 0 aliphatic carbocycles. The van der Waals surface area contributed by atoms with E-state index in [0.29, 0.717) is 16.6 Å². The molecule has 7 heteroatoms. The van der Waals surface area contributed by atoms with E-state index in [0.717, 1.165) is 22.2 Å². The van der Waals surface area contributed by atoms with Crippen LogP contribution in [0.5, 0.6) is 0 Å². The summed E-state index contributed by atoms with van der Waals surface area (Å²) < 4.78 is 5.66. The van der Waals surface area contributed by atoms with Gasteiger partial charge in [-0.15, -0.1) is 11.3 Å². The second kappa shape index (κ2) is 8.41. The number of ether oxygens (including phenoxy) is 1. The average Bonchev–Trinajstić information content (AvgIpc) is 3.46. The van der Waals surface area contributed by atoms with Gasteiger partial charge in [-0.2, -0.15) is 0 Å². The van der Waals surface area contributed by atoms with Crippen molar-refractivity contribution in [2.24, 2.45) is 0 Å². The third-order valence-corrected chi connectivity index (χ3v) is 5.59. The Morgan fingerprint density at radius 3 is 2.42 bits per heavy atom. The molecule has 0 fully saturated rings. The summed E-state index contributed by atoms with van der Waals surface area (Å²) in [5.74, 6) is 0.390. The molecule has 2 heterocycles. The number of hydrogen-bond acceptors (Lipinski definition) is 5. The number of nitrogens with zero attached hydrogens (tertiary/aromatic N) is 3. The third-order valence-electron chi connectivity index (χ3n) is 4.78. The number of anilines is 2. The normalized spacial score (nSPS) is 10.8. The van der Waals surface area contributed by atoms with Crippen LogP contribution < -0.4 is 4.90 Å². The third kappa shape index (κ3) is 3.91. The zero-order valence-electron chi connectivity index (χ0n) is 16.4. The van der Waals surface area contributed by atoms with E-state index in [9.17, 15) is 4.79 Å². The number of fused-ring (bicyclic) bond motifs is 1. The first-order valence-electron chi connectivity index (χ1n) is 9.74. The van der Waals surface area contributed by atoms with Gasteiger partial charge in [-0.25, -0.2) is 19.7 Å². The molecule has 0 saturated carbocycles. The van der Waals surface area contributed by atoms with E-state index < -0.39 is 6.09 Å². The van der Waals surface area contributed by atoms with E-state index in [1.165, 1.54) is 16.2 Å². The van der Waals surface area contributed by atoms with Gasteiger partial charge in [-0.05, 0) is 17.7 Å². The van der Waals surface area contributed by atoms with Crippen LogP contribution in [0.4, 0.5) is 15.7 Å². The highest BCUT2D eigenvalue weighted by molar-refractivity contribution is 7.14. The molecule has 5 aromatic rings. The van der Waals surface area contributed by atoms with E-state index in [1.54, 1.807) is 5.51 Å². The molecule has 0 spiro atoms. The number of aromatic nitrogens is 3. The lowest BCUT2D eigenvalue weighted by Gasteiger charge is -2.19. The van der Waals surface area contributed by atoms with Crippen LogP contribution in [0.15, 0.2) is 90.4 Å². The minimum absolute atomic E-state index is 0.163. The molecule has 31 heavy (non-hydrogen) atoms. The van der Waals surface area contributed by atoms with Gasteiger partial charge in [0.15, 0.2) is 0 Å². The van der Waals surface area contributed by atoms with E-state index in [2.05, 4.69) is 15.0 Å². The van der Waals surface area contributed by atoms with Crippen molar-refractivity contribution in [3.8, 4) is 11.3 Å². The molecule has 2 aromatic heterocycles. The number of nitrogens with one attached hydrogen (secondary N) is 1. The topological polar surface area (TPSA) is 71.1 Å². The number of thiazole rings is 1. The second-order valence-electron chi connectivity index (χ2n) is 6.83. The molecule has 0 radical (unpaired) electrons. The van der Waals surface area contributed by atoms with Crippen molar-refractivity contribution in [2.75, 3.05) is 4.90 Å². The predicted octanol–water partition coefficient (Wildman–Crippen LogP) is 6.16. The zero-order chi connectivity index (χ0) is 21.0. The molecule has 0 aliphatic rings. The number of H-pyrrole nitrogens is 1. The van der Waals surface area contributed by atoms with Gasteiger partial charge in [0, 0.05) is 5.56 Å². The minimum atomic E-state index is -0.524. The fourth-order valence-corrected chi connectivity index (χ4v) is 4.09. The Kier molecular flexibility index (Phi) is 5.16. The van der Waals surface area contributed by atoms with Crippen LogP contribution in [0.2, 0.25) is 0 Å². The van der Waals surface area contributed by atoms with E-state index in [-0.39, 0.29) is 6.61 Å². The highest BCUT2D eigenvalue weighted by Crippen LogP contribution is 2.38. The fourth-order valence-electron chi connectivity index (χ4n) is 3.29. The Bertz CT molecular complexity index is 1280. The van der Waals surface area contributed by atoms with Crippen LogP contribution in [0, 0.1) is 0 Å². The molecule has 0 bridgehead atoms. The molecule has 1 amide bonds. The molecule has 6 nitrogen and oxygen atoms in total. The van der Waals surface area contributed by atoms with Gasteiger partial charge in [0.1, 0.15) is 17.3 Å². The molecular weight excluding hydrogens is 408 g/mol. The highest BCUT2D eigenvalue weighted by Gasteiger charge is 2.28. The first-order valence-corrected chi connectivity index (χ1v) is 10.6. The summed E-state index contributed by atoms with van der Waals surface area (Å²) in [5.41, 5.74) is 5.84. The summed E-state index contributed by atoms with van der Waals surface area (Å²) in [7, 11) is 0. The summed E-state index contributed by atoms with van der Waals surface area (Å²) in [6, 6.07) is 27.0. The molecular formula is C24H18N4O2S. The SMILES string of the molecule is O=C(OCc1ccccc1)N(c1nc2ccccc2[nH]1)c1scnc1-c1ccccc1. The number of rotatable bonds is 5. The highest BCUT2D eigenvalue weighted by atomic mass is 32.1. The Hall–Kier alpha value is -3.97. The van der Waals surface area contributed by atoms with Crippen molar-refractivity contribution in [3.63, 3.8) is 0 Å². The Balaban J connectivity index is 1.55. The summed E-state index contributed by atoms with van der Waals surface area (Å²) in [6.07, 6.45) is -0.524. The number of carbonyl (C=O) groups excluding carboxylic acids is 1. The number of amides is 1. The fraction of sp³-hybridized carbons (Fsp3) is 0.0417. The van der Waals surface area contributed by atoms with Crippen LogP contribution in [-0.2, 0) is 11.3 Å². The van der Waals surface area contributed by atoms with E-state index in [1.807, 2.05) is 84.9 Å². The van der Waals surface area contributed by atoms with Crippen LogP contribution in [-0.4, -0.2) is 21.0 Å². The number of imidazole rings is 1. The van der Waals surface area contributed by atoms with Crippen molar-refractivity contribution in [1.82, 2.24) is 15.0 Å². The van der Waals surface area contributed by atoms with Gasteiger partial charge in [0.05, 0.1) is 16.5 Å². The average molecular weight is 427 g/mol. The lowest BCUT2D eigenvalue weighted by Crippen LogP contribution is -2.27. The van der Waals surface area contributed by atoms with Crippen LogP contribution in [0.1, 0.15) is 5.56 Å². The van der Waals surface area contributed by atoms with Gasteiger partial charge < -0.3 is 9.72 Å². The minimum Gasteiger partial charge on any atom is -0.444 e. The lowest BCUT2D eigenvalue weighted by atomic mass is 10.1. The lowest BCUT2D eigenvalue weighted by molar-refractivity contribution is 0.150. The standard InChI is InChI=1S/C24H18N4O2S/c29-24(30-15-17-9-3-1-4-10-17)28(23-26-19-13-7-8-14-20(19)27-23)22-21(25-16-31-22)18-11-5-2-6-12-18/h1-14,16H,15H2,(H,26,27). The van der Waals surface area contributed by atoms with Gasteiger partial charge in [0.25, 0.3) is 0 Å². The largest absolute Gasteiger partial charge is 0.444 e. The molecule has 0 unspecified atom stereocenters.